The van der Waals surface area contributed by atoms with Crippen molar-refractivity contribution in [3.63, 3.8) is 0 Å². The zero-order chi connectivity index (χ0) is 22.0. The monoisotopic (exact) mass is 444 g/mol. The van der Waals surface area contributed by atoms with Crippen LogP contribution in [0.15, 0.2) is 52.5 Å². The van der Waals surface area contributed by atoms with Gasteiger partial charge in [0.05, 0.1) is 11.1 Å². The van der Waals surface area contributed by atoms with Gasteiger partial charge in [-0.3, -0.25) is 9.59 Å². The Hall–Kier alpha value is -3.05. The summed E-state index contributed by atoms with van der Waals surface area (Å²) >= 11 is 0. The fraction of sp³-hybridized carbons (Fsp3) is 0.400. The molecule has 0 unspecified atom stereocenters. The zero-order valence-electron chi connectivity index (χ0n) is 17.1. The van der Waals surface area contributed by atoms with Crippen LogP contribution >= 0.6 is 0 Å². The number of fused-ring (bicyclic) bond motifs is 1. The molecule has 0 bridgehead atoms. The third-order valence-electron chi connectivity index (χ3n) is 5.62. The van der Waals surface area contributed by atoms with Gasteiger partial charge in [-0.25, -0.2) is 17.6 Å². The number of hydrogen-bond donors (Lipinski definition) is 1. The van der Waals surface area contributed by atoms with Crippen molar-refractivity contribution in [1.82, 2.24) is 23.7 Å². The molecule has 1 aliphatic rings. The van der Waals surface area contributed by atoms with Crippen LogP contribution in [0.5, 0.6) is 0 Å². The van der Waals surface area contributed by atoms with E-state index in [0.29, 0.717) is 11.2 Å². The first-order chi connectivity index (χ1) is 14.9. The Kier molecular flexibility index (Phi) is 5.88. The molecule has 2 aromatic heterocycles. The first-order valence-corrected chi connectivity index (χ1v) is 11.6. The molecule has 2 heterocycles. The van der Waals surface area contributed by atoms with Crippen LogP contribution < -0.4 is 10.9 Å². The molecular formula is C20H24N6O4S. The van der Waals surface area contributed by atoms with E-state index in [1.807, 2.05) is 0 Å². The van der Waals surface area contributed by atoms with Crippen LogP contribution in [0.4, 0.5) is 5.69 Å². The lowest BCUT2D eigenvalue weighted by molar-refractivity contribution is -0.117. The summed E-state index contributed by atoms with van der Waals surface area (Å²) < 4.78 is 29.7. The van der Waals surface area contributed by atoms with E-state index >= 15 is 0 Å². The molecule has 1 saturated carbocycles. The minimum absolute atomic E-state index is 0.0251. The maximum atomic E-state index is 12.9. The van der Waals surface area contributed by atoms with Gasteiger partial charge in [0, 0.05) is 18.8 Å². The molecule has 1 amide bonds. The van der Waals surface area contributed by atoms with Crippen LogP contribution in [0, 0.1) is 0 Å². The van der Waals surface area contributed by atoms with Crippen LogP contribution in [0.25, 0.3) is 5.52 Å². The lowest BCUT2D eigenvalue weighted by atomic mass is 9.96. The van der Waals surface area contributed by atoms with Crippen LogP contribution in [0.3, 0.4) is 0 Å². The standard InChI is InChI=1S/C20H24N6O4S/c1-24(16-5-3-2-4-6-16)31(29,30)17-9-7-15(8-10-17)23-19(27)13-25-20(28)18-11-12-21-26(18)14-22-25/h7-12,14,16H,2-6,13H2,1H3,(H,23,27). The van der Waals surface area contributed by atoms with E-state index in [1.54, 1.807) is 13.1 Å². The number of rotatable bonds is 6. The van der Waals surface area contributed by atoms with Gasteiger partial charge in [-0.15, -0.1) is 0 Å². The highest BCUT2D eigenvalue weighted by Gasteiger charge is 2.28. The van der Waals surface area contributed by atoms with Gasteiger partial charge in [-0.1, -0.05) is 19.3 Å². The highest BCUT2D eigenvalue weighted by atomic mass is 32.2. The number of anilines is 1. The fourth-order valence-electron chi connectivity index (χ4n) is 3.84. The van der Waals surface area contributed by atoms with Crippen molar-refractivity contribution in [3.8, 4) is 0 Å². The molecule has 1 N–H and O–H groups in total. The number of nitrogens with one attached hydrogen (secondary N) is 1. The maximum absolute atomic E-state index is 12.9. The molecule has 1 aliphatic carbocycles. The number of benzene rings is 1. The fourth-order valence-corrected chi connectivity index (χ4v) is 5.25. The third-order valence-corrected chi connectivity index (χ3v) is 7.55. The Labute approximate surface area is 179 Å². The number of carbonyl (C=O) groups is 1. The maximum Gasteiger partial charge on any atom is 0.293 e. The number of carbonyl (C=O) groups excluding carboxylic acids is 1. The Balaban J connectivity index is 1.43. The second-order valence-corrected chi connectivity index (χ2v) is 9.64. The summed E-state index contributed by atoms with van der Waals surface area (Å²) in [6, 6.07) is 7.60. The summed E-state index contributed by atoms with van der Waals surface area (Å²) in [4.78, 5) is 24.8. The predicted molar refractivity (Wildman–Crippen MR) is 114 cm³/mol. The van der Waals surface area contributed by atoms with E-state index in [0.717, 1.165) is 36.8 Å². The van der Waals surface area contributed by atoms with Crippen molar-refractivity contribution < 1.29 is 13.2 Å². The predicted octanol–water partition coefficient (Wildman–Crippen LogP) is 1.48. The van der Waals surface area contributed by atoms with Gasteiger partial charge >= 0.3 is 0 Å². The number of sulfonamides is 1. The van der Waals surface area contributed by atoms with Gasteiger partial charge < -0.3 is 5.32 Å². The Morgan fingerprint density at radius 3 is 2.55 bits per heavy atom. The summed E-state index contributed by atoms with van der Waals surface area (Å²) in [5, 5.41) is 10.5. The van der Waals surface area contributed by atoms with Gasteiger partial charge in [0.15, 0.2) is 0 Å². The second-order valence-electron chi connectivity index (χ2n) is 7.64. The zero-order valence-corrected chi connectivity index (χ0v) is 18.0. The average molecular weight is 445 g/mol. The lowest BCUT2D eigenvalue weighted by Crippen LogP contribution is -2.38. The van der Waals surface area contributed by atoms with Gasteiger partial charge in [0.2, 0.25) is 15.9 Å². The van der Waals surface area contributed by atoms with Crippen LogP contribution in [0.2, 0.25) is 0 Å². The molecule has 1 fully saturated rings. The normalized spacial score (nSPS) is 15.4. The van der Waals surface area contributed by atoms with Crippen LogP contribution in [-0.4, -0.2) is 51.1 Å². The van der Waals surface area contributed by atoms with E-state index in [1.165, 1.54) is 45.6 Å². The van der Waals surface area contributed by atoms with Gasteiger partial charge in [0.25, 0.3) is 5.56 Å². The molecule has 0 aliphatic heterocycles. The second kappa shape index (κ2) is 8.60. The molecular weight excluding hydrogens is 420 g/mol. The summed E-state index contributed by atoms with van der Waals surface area (Å²) in [6.45, 7) is -0.273. The van der Waals surface area contributed by atoms with Crippen LogP contribution in [0.1, 0.15) is 32.1 Å². The number of amides is 1. The Bertz CT molecular complexity index is 1240. The van der Waals surface area contributed by atoms with Gasteiger partial charge in [-0.2, -0.15) is 14.5 Å². The van der Waals surface area contributed by atoms with Crippen molar-refractivity contribution >= 4 is 27.1 Å². The highest BCUT2D eigenvalue weighted by molar-refractivity contribution is 7.89. The first kappa shape index (κ1) is 21.2. The van der Waals surface area contributed by atoms with E-state index in [4.69, 9.17) is 0 Å². The SMILES string of the molecule is CN(C1CCCCC1)S(=O)(=O)c1ccc(NC(=O)Cn2ncn3nccc3c2=O)cc1. The minimum atomic E-state index is -3.60. The highest BCUT2D eigenvalue weighted by Crippen LogP contribution is 2.27. The summed E-state index contributed by atoms with van der Waals surface area (Å²) in [5.41, 5.74) is 0.324. The van der Waals surface area contributed by atoms with Crippen molar-refractivity contribution in [1.29, 1.82) is 0 Å². The molecule has 31 heavy (non-hydrogen) atoms. The first-order valence-electron chi connectivity index (χ1n) is 10.1. The minimum Gasteiger partial charge on any atom is -0.324 e. The summed E-state index contributed by atoms with van der Waals surface area (Å²) in [5.74, 6) is -0.451. The quantitative estimate of drug-likeness (QED) is 0.615. The van der Waals surface area contributed by atoms with Gasteiger partial charge in [-0.05, 0) is 43.2 Å². The third kappa shape index (κ3) is 4.37. The molecule has 0 atom stereocenters. The number of hydrogen-bond acceptors (Lipinski definition) is 6. The van der Waals surface area contributed by atoms with E-state index < -0.39 is 21.5 Å². The van der Waals surface area contributed by atoms with Crippen molar-refractivity contribution in [2.75, 3.05) is 12.4 Å². The molecule has 3 aromatic rings. The van der Waals surface area contributed by atoms with E-state index in [-0.39, 0.29) is 17.5 Å². The molecule has 10 nitrogen and oxygen atoms in total. The Morgan fingerprint density at radius 2 is 1.84 bits per heavy atom. The number of nitrogens with zero attached hydrogens (tertiary/aromatic N) is 5. The molecule has 4 rings (SSSR count). The summed E-state index contributed by atoms with van der Waals surface area (Å²) in [7, 11) is -1.97. The average Bonchev–Trinajstić information content (AvgIpc) is 3.26. The van der Waals surface area contributed by atoms with E-state index in [9.17, 15) is 18.0 Å². The molecule has 164 valence electrons. The van der Waals surface area contributed by atoms with E-state index in [2.05, 4.69) is 15.5 Å². The Morgan fingerprint density at radius 1 is 1.13 bits per heavy atom. The molecule has 0 spiro atoms. The molecule has 1 aromatic carbocycles. The van der Waals surface area contributed by atoms with Gasteiger partial charge in [0.1, 0.15) is 18.4 Å². The van der Waals surface area contributed by atoms with Crippen LogP contribution in [-0.2, 0) is 21.4 Å². The smallest absolute Gasteiger partial charge is 0.293 e. The molecule has 11 heteroatoms. The molecule has 0 radical (unpaired) electrons. The van der Waals surface area contributed by atoms with Crippen molar-refractivity contribution in [2.24, 2.45) is 0 Å². The largest absolute Gasteiger partial charge is 0.324 e. The summed E-state index contributed by atoms with van der Waals surface area (Å²) in [6.07, 6.45) is 7.82. The molecule has 0 saturated heterocycles. The van der Waals surface area contributed by atoms with Crippen molar-refractivity contribution in [3.05, 3.63) is 53.2 Å². The number of aromatic nitrogens is 4. The topological polar surface area (TPSA) is 119 Å². The lowest BCUT2D eigenvalue weighted by Gasteiger charge is -2.30. The van der Waals surface area contributed by atoms with Crippen molar-refractivity contribution in [2.45, 2.75) is 49.6 Å².